The molecule has 0 aromatic rings. The molecule has 1 rings (SSSR count). The van der Waals surface area contributed by atoms with Crippen LogP contribution in [0.4, 0.5) is 0 Å². The first-order valence-electron chi connectivity index (χ1n) is 6.30. The highest BCUT2D eigenvalue weighted by molar-refractivity contribution is 5.81. The van der Waals surface area contributed by atoms with Gasteiger partial charge in [-0.05, 0) is 44.2 Å². The summed E-state index contributed by atoms with van der Waals surface area (Å²) in [5.41, 5.74) is 2.29. The molecule has 4 nitrogen and oxygen atoms in total. The van der Waals surface area contributed by atoms with Gasteiger partial charge in [-0.25, -0.2) is 5.84 Å². The largest absolute Gasteiger partial charge is 0.293 e. The summed E-state index contributed by atoms with van der Waals surface area (Å²) in [6.45, 7) is 8.47. The quantitative estimate of drug-likeness (QED) is 0.431. The summed E-state index contributed by atoms with van der Waals surface area (Å²) >= 11 is 0. The van der Waals surface area contributed by atoms with Gasteiger partial charge in [-0.15, -0.1) is 0 Å². The highest BCUT2D eigenvalue weighted by Gasteiger charge is 2.29. The van der Waals surface area contributed by atoms with Crippen LogP contribution in [0.3, 0.4) is 0 Å². The Morgan fingerprint density at radius 2 is 2.06 bits per heavy atom. The maximum atomic E-state index is 11.8. The van der Waals surface area contributed by atoms with Crippen LogP contribution >= 0.6 is 0 Å². The standard InChI is InChI=1S/C12H25N3O/c1-9(2)11(12(16)14-13)15-7-4-5-10(3)6-8-15/h9-11H,4-8,13H2,1-3H3,(H,14,16). The number of nitrogens with two attached hydrogens (primary N) is 1. The fourth-order valence-corrected chi connectivity index (χ4v) is 2.54. The van der Waals surface area contributed by atoms with Crippen LogP contribution in [0.2, 0.25) is 0 Å². The molecule has 3 N–H and O–H groups in total. The van der Waals surface area contributed by atoms with Crippen molar-refractivity contribution in [1.82, 2.24) is 10.3 Å². The van der Waals surface area contributed by atoms with Crippen molar-refractivity contribution in [3.63, 3.8) is 0 Å². The first kappa shape index (κ1) is 13.5. The molecule has 1 heterocycles. The van der Waals surface area contributed by atoms with Gasteiger partial charge in [0.2, 0.25) is 0 Å². The van der Waals surface area contributed by atoms with Crippen molar-refractivity contribution < 1.29 is 4.79 Å². The summed E-state index contributed by atoms with van der Waals surface area (Å²) < 4.78 is 0. The maximum absolute atomic E-state index is 11.8. The van der Waals surface area contributed by atoms with Crippen LogP contribution in [0.1, 0.15) is 40.0 Å². The van der Waals surface area contributed by atoms with Gasteiger partial charge in [0, 0.05) is 0 Å². The topological polar surface area (TPSA) is 58.4 Å². The number of likely N-dealkylation sites (tertiary alicyclic amines) is 1. The van der Waals surface area contributed by atoms with Crippen LogP contribution < -0.4 is 11.3 Å². The molecule has 1 amide bonds. The summed E-state index contributed by atoms with van der Waals surface area (Å²) in [5.74, 6) is 6.29. The lowest BCUT2D eigenvalue weighted by atomic mass is 10.0. The molecule has 1 saturated heterocycles. The molecule has 0 spiro atoms. The molecule has 1 aliphatic heterocycles. The summed E-state index contributed by atoms with van der Waals surface area (Å²) in [6.07, 6.45) is 3.63. The molecule has 0 radical (unpaired) electrons. The fourth-order valence-electron chi connectivity index (χ4n) is 2.54. The van der Waals surface area contributed by atoms with Crippen molar-refractivity contribution in [2.75, 3.05) is 13.1 Å². The van der Waals surface area contributed by atoms with Crippen molar-refractivity contribution in [2.45, 2.75) is 46.1 Å². The van der Waals surface area contributed by atoms with E-state index < -0.39 is 0 Å². The highest BCUT2D eigenvalue weighted by Crippen LogP contribution is 2.20. The van der Waals surface area contributed by atoms with Crippen molar-refractivity contribution >= 4 is 5.91 Å². The minimum Gasteiger partial charge on any atom is -0.293 e. The third kappa shape index (κ3) is 3.46. The minimum atomic E-state index is -0.0738. The Morgan fingerprint density at radius 1 is 1.38 bits per heavy atom. The Labute approximate surface area is 98.5 Å². The molecule has 1 aliphatic rings. The number of carbonyl (C=O) groups is 1. The van der Waals surface area contributed by atoms with Gasteiger partial charge in [0.25, 0.3) is 5.91 Å². The van der Waals surface area contributed by atoms with Gasteiger partial charge in [0.05, 0.1) is 6.04 Å². The lowest BCUT2D eigenvalue weighted by molar-refractivity contribution is -0.128. The molecule has 94 valence electrons. The van der Waals surface area contributed by atoms with Gasteiger partial charge in [-0.3, -0.25) is 15.1 Å². The van der Waals surface area contributed by atoms with Gasteiger partial charge in [-0.1, -0.05) is 20.8 Å². The monoisotopic (exact) mass is 227 g/mol. The summed E-state index contributed by atoms with van der Waals surface area (Å²) in [5, 5.41) is 0. The number of nitrogens with zero attached hydrogens (tertiary/aromatic N) is 1. The number of rotatable bonds is 3. The molecular formula is C12H25N3O. The maximum Gasteiger partial charge on any atom is 0.251 e. The lowest BCUT2D eigenvalue weighted by Gasteiger charge is -2.31. The predicted octanol–water partition coefficient (Wildman–Crippen LogP) is 1.12. The zero-order valence-electron chi connectivity index (χ0n) is 10.7. The first-order chi connectivity index (χ1) is 7.56. The predicted molar refractivity (Wildman–Crippen MR) is 65.5 cm³/mol. The third-order valence-electron chi connectivity index (χ3n) is 3.49. The second kappa shape index (κ2) is 6.21. The SMILES string of the molecule is CC1CCCN(C(C(=O)NN)C(C)C)CC1. The van der Waals surface area contributed by atoms with Gasteiger partial charge < -0.3 is 0 Å². The Hall–Kier alpha value is -0.610. The van der Waals surface area contributed by atoms with E-state index in [0.29, 0.717) is 5.92 Å². The van der Waals surface area contributed by atoms with Crippen LogP contribution in [-0.4, -0.2) is 29.9 Å². The number of hydrogen-bond acceptors (Lipinski definition) is 3. The van der Waals surface area contributed by atoms with Crippen molar-refractivity contribution in [3.8, 4) is 0 Å². The second-order valence-corrected chi connectivity index (χ2v) is 5.27. The Kier molecular flexibility index (Phi) is 5.22. The summed E-state index contributed by atoms with van der Waals surface area (Å²) in [4.78, 5) is 14.1. The van der Waals surface area contributed by atoms with E-state index in [-0.39, 0.29) is 11.9 Å². The van der Waals surface area contributed by atoms with Crippen LogP contribution in [0.25, 0.3) is 0 Å². The van der Waals surface area contributed by atoms with Gasteiger partial charge in [-0.2, -0.15) is 0 Å². The van der Waals surface area contributed by atoms with Gasteiger partial charge >= 0.3 is 0 Å². The molecule has 4 heteroatoms. The molecule has 0 aromatic heterocycles. The zero-order valence-corrected chi connectivity index (χ0v) is 10.7. The van der Waals surface area contributed by atoms with E-state index in [9.17, 15) is 4.79 Å². The molecule has 2 atom stereocenters. The minimum absolute atomic E-state index is 0.0513. The average molecular weight is 227 g/mol. The number of carbonyl (C=O) groups excluding carboxylic acids is 1. The van der Waals surface area contributed by atoms with Crippen molar-refractivity contribution in [1.29, 1.82) is 0 Å². The molecule has 16 heavy (non-hydrogen) atoms. The zero-order chi connectivity index (χ0) is 12.1. The van der Waals surface area contributed by atoms with Crippen molar-refractivity contribution in [2.24, 2.45) is 17.7 Å². The van der Waals surface area contributed by atoms with E-state index in [1.165, 1.54) is 19.3 Å². The van der Waals surface area contributed by atoms with E-state index in [2.05, 4.69) is 31.1 Å². The molecule has 0 aromatic carbocycles. The first-order valence-corrected chi connectivity index (χ1v) is 6.30. The second-order valence-electron chi connectivity index (χ2n) is 5.27. The molecule has 0 aliphatic carbocycles. The third-order valence-corrected chi connectivity index (χ3v) is 3.49. The van der Waals surface area contributed by atoms with Crippen LogP contribution in [-0.2, 0) is 4.79 Å². The van der Waals surface area contributed by atoms with Crippen LogP contribution in [0.5, 0.6) is 0 Å². The van der Waals surface area contributed by atoms with E-state index >= 15 is 0 Å². The van der Waals surface area contributed by atoms with E-state index in [1.807, 2.05) is 0 Å². The Morgan fingerprint density at radius 3 is 2.62 bits per heavy atom. The molecular weight excluding hydrogens is 202 g/mol. The van der Waals surface area contributed by atoms with Crippen molar-refractivity contribution in [3.05, 3.63) is 0 Å². The lowest BCUT2D eigenvalue weighted by Crippen LogP contribution is -2.52. The summed E-state index contributed by atoms with van der Waals surface area (Å²) in [6, 6.07) is -0.0738. The number of hydrogen-bond donors (Lipinski definition) is 2. The van der Waals surface area contributed by atoms with Crippen LogP contribution in [0.15, 0.2) is 0 Å². The number of amides is 1. The molecule has 0 saturated carbocycles. The van der Waals surface area contributed by atoms with Crippen LogP contribution in [0, 0.1) is 11.8 Å². The summed E-state index contributed by atoms with van der Waals surface area (Å²) in [7, 11) is 0. The molecule has 1 fully saturated rings. The van der Waals surface area contributed by atoms with Gasteiger partial charge in [0.1, 0.15) is 0 Å². The smallest absolute Gasteiger partial charge is 0.251 e. The normalized spacial score (nSPS) is 25.2. The molecule has 2 unspecified atom stereocenters. The highest BCUT2D eigenvalue weighted by atomic mass is 16.2. The van der Waals surface area contributed by atoms with Gasteiger partial charge in [0.15, 0.2) is 0 Å². The Balaban J connectivity index is 2.66. The average Bonchev–Trinajstić information content (AvgIpc) is 2.43. The fraction of sp³-hybridized carbons (Fsp3) is 0.917. The van der Waals surface area contributed by atoms with E-state index in [1.54, 1.807) is 0 Å². The van der Waals surface area contributed by atoms with E-state index in [4.69, 9.17) is 5.84 Å². The number of hydrazine groups is 1. The Bertz CT molecular complexity index is 230. The van der Waals surface area contributed by atoms with E-state index in [0.717, 1.165) is 19.0 Å². The molecule has 0 bridgehead atoms. The number of nitrogens with one attached hydrogen (secondary N) is 1.